The molecule has 0 bridgehead atoms. The molecule has 0 unspecified atom stereocenters. The third-order valence-corrected chi connectivity index (χ3v) is 2.09. The summed E-state index contributed by atoms with van der Waals surface area (Å²) in [5.74, 6) is 0. The zero-order valence-electron chi connectivity index (χ0n) is 7.18. The number of ether oxygens (including phenoxy) is 1. The molecule has 0 aliphatic heterocycles. The van der Waals surface area contributed by atoms with Crippen molar-refractivity contribution in [3.05, 3.63) is 0 Å². The van der Waals surface area contributed by atoms with E-state index >= 15 is 0 Å². The second-order valence-corrected chi connectivity index (χ2v) is 2.67. The fraction of sp³-hybridized carbons (Fsp3) is 1.00. The first-order chi connectivity index (χ1) is 4.68. The molecule has 1 N–H and O–H groups in total. The molecular weight excluding hydrogens is 128 g/mol. The summed E-state index contributed by atoms with van der Waals surface area (Å²) in [5.41, 5.74) is -0.490. The van der Waals surface area contributed by atoms with Gasteiger partial charge in [-0.15, -0.1) is 0 Å². The molecule has 0 rings (SSSR count). The molecule has 0 amide bonds. The fourth-order valence-electron chi connectivity index (χ4n) is 0.896. The lowest BCUT2D eigenvalue weighted by molar-refractivity contribution is 0.00174. The quantitative estimate of drug-likeness (QED) is 0.638. The summed E-state index contributed by atoms with van der Waals surface area (Å²) in [7, 11) is 1.66. The van der Waals surface area contributed by atoms with Gasteiger partial charge in [0.2, 0.25) is 0 Å². The Kier molecular flexibility index (Phi) is 4.65. The van der Waals surface area contributed by atoms with Crippen molar-refractivity contribution in [3.63, 3.8) is 0 Å². The minimum absolute atomic E-state index is 0.490. The molecule has 0 radical (unpaired) electrons. The first kappa shape index (κ1) is 9.92. The number of hydrogen-bond acceptors (Lipinski definition) is 2. The van der Waals surface area contributed by atoms with Crippen LogP contribution in [0.1, 0.15) is 33.1 Å². The van der Waals surface area contributed by atoms with Gasteiger partial charge in [-0.1, -0.05) is 13.8 Å². The third kappa shape index (κ3) is 3.18. The van der Waals surface area contributed by atoms with Gasteiger partial charge in [-0.2, -0.15) is 0 Å². The maximum absolute atomic E-state index is 9.68. The van der Waals surface area contributed by atoms with Gasteiger partial charge >= 0.3 is 0 Å². The molecule has 10 heavy (non-hydrogen) atoms. The Hall–Kier alpha value is -0.0800. The third-order valence-electron chi connectivity index (χ3n) is 2.09. The van der Waals surface area contributed by atoms with Gasteiger partial charge in [0.1, 0.15) is 0 Å². The lowest BCUT2D eigenvalue weighted by atomic mass is 9.94. The van der Waals surface area contributed by atoms with E-state index in [1.165, 1.54) is 0 Å². The average Bonchev–Trinajstić information content (AvgIpc) is 2.00. The van der Waals surface area contributed by atoms with E-state index in [1.54, 1.807) is 7.11 Å². The summed E-state index contributed by atoms with van der Waals surface area (Å²) in [6, 6.07) is 0. The smallest absolute Gasteiger partial charge is 0.0664 e. The number of rotatable bonds is 5. The van der Waals surface area contributed by atoms with Crippen LogP contribution in [0.2, 0.25) is 0 Å². The van der Waals surface area contributed by atoms with Crippen LogP contribution < -0.4 is 0 Å². The van der Waals surface area contributed by atoms with E-state index in [4.69, 9.17) is 4.74 Å². The molecule has 0 aliphatic carbocycles. The molecule has 0 aromatic heterocycles. The van der Waals surface area contributed by atoms with Crippen molar-refractivity contribution in [1.82, 2.24) is 0 Å². The lowest BCUT2D eigenvalue weighted by Crippen LogP contribution is -2.27. The van der Waals surface area contributed by atoms with Gasteiger partial charge in [0, 0.05) is 13.7 Å². The minimum Gasteiger partial charge on any atom is -0.390 e. The summed E-state index contributed by atoms with van der Waals surface area (Å²) in [6.45, 7) is 4.65. The molecule has 0 saturated heterocycles. The molecule has 0 saturated carbocycles. The van der Waals surface area contributed by atoms with E-state index in [9.17, 15) is 5.11 Å². The number of hydrogen-bond donors (Lipinski definition) is 1. The van der Waals surface area contributed by atoms with Crippen LogP contribution >= 0.6 is 0 Å². The Bertz CT molecular complexity index is 77.3. The molecule has 0 fully saturated rings. The molecular formula is C8H18O2. The van der Waals surface area contributed by atoms with Crippen LogP contribution in [0.3, 0.4) is 0 Å². The summed E-state index contributed by atoms with van der Waals surface area (Å²) in [6.07, 6.45) is 2.37. The zero-order chi connectivity index (χ0) is 8.04. The van der Waals surface area contributed by atoms with Crippen molar-refractivity contribution >= 4 is 0 Å². The maximum Gasteiger partial charge on any atom is 0.0664 e. The Labute approximate surface area is 63.2 Å². The van der Waals surface area contributed by atoms with E-state index < -0.39 is 5.60 Å². The molecule has 2 nitrogen and oxygen atoms in total. The second-order valence-electron chi connectivity index (χ2n) is 2.67. The van der Waals surface area contributed by atoms with Crippen molar-refractivity contribution in [2.75, 3.05) is 13.7 Å². The standard InChI is InChI=1S/C8H18O2/c1-4-8(9,5-2)6-7-10-3/h9H,4-7H2,1-3H3. The first-order valence-corrected chi connectivity index (χ1v) is 3.90. The summed E-state index contributed by atoms with van der Waals surface area (Å²) in [4.78, 5) is 0. The van der Waals surface area contributed by atoms with Crippen LogP contribution in [-0.2, 0) is 4.74 Å². The van der Waals surface area contributed by atoms with Crippen LogP contribution in [0.4, 0.5) is 0 Å². The largest absolute Gasteiger partial charge is 0.390 e. The van der Waals surface area contributed by atoms with E-state index in [0.717, 1.165) is 19.3 Å². The van der Waals surface area contributed by atoms with Crippen LogP contribution in [0.25, 0.3) is 0 Å². The van der Waals surface area contributed by atoms with E-state index in [2.05, 4.69) is 0 Å². The summed E-state index contributed by atoms with van der Waals surface area (Å²) in [5, 5.41) is 9.68. The molecule has 0 atom stereocenters. The predicted octanol–water partition coefficient (Wildman–Crippen LogP) is 1.57. The number of methoxy groups -OCH3 is 1. The maximum atomic E-state index is 9.68. The Balaban J connectivity index is 3.58. The normalized spacial score (nSPS) is 12.0. The van der Waals surface area contributed by atoms with Gasteiger partial charge in [-0.05, 0) is 19.3 Å². The molecule has 0 aliphatic rings. The molecule has 62 valence electrons. The Morgan fingerprint density at radius 2 is 1.80 bits per heavy atom. The van der Waals surface area contributed by atoms with Crippen LogP contribution in [-0.4, -0.2) is 24.4 Å². The van der Waals surface area contributed by atoms with Crippen LogP contribution in [0, 0.1) is 0 Å². The fourth-order valence-corrected chi connectivity index (χ4v) is 0.896. The molecule has 0 spiro atoms. The molecule has 0 aromatic carbocycles. The van der Waals surface area contributed by atoms with Crippen molar-refractivity contribution < 1.29 is 9.84 Å². The minimum atomic E-state index is -0.490. The molecule has 0 heterocycles. The predicted molar refractivity (Wildman–Crippen MR) is 42.0 cm³/mol. The van der Waals surface area contributed by atoms with Gasteiger partial charge in [-0.25, -0.2) is 0 Å². The van der Waals surface area contributed by atoms with Gasteiger partial charge < -0.3 is 9.84 Å². The topological polar surface area (TPSA) is 29.5 Å². The van der Waals surface area contributed by atoms with E-state index in [1.807, 2.05) is 13.8 Å². The van der Waals surface area contributed by atoms with Crippen LogP contribution in [0.5, 0.6) is 0 Å². The number of aliphatic hydroxyl groups is 1. The van der Waals surface area contributed by atoms with Crippen molar-refractivity contribution in [2.45, 2.75) is 38.7 Å². The van der Waals surface area contributed by atoms with E-state index in [-0.39, 0.29) is 0 Å². The average molecular weight is 146 g/mol. The van der Waals surface area contributed by atoms with Crippen molar-refractivity contribution in [1.29, 1.82) is 0 Å². The Morgan fingerprint density at radius 1 is 1.30 bits per heavy atom. The van der Waals surface area contributed by atoms with Crippen molar-refractivity contribution in [3.8, 4) is 0 Å². The monoisotopic (exact) mass is 146 g/mol. The van der Waals surface area contributed by atoms with Crippen LogP contribution in [0.15, 0.2) is 0 Å². The summed E-state index contributed by atoms with van der Waals surface area (Å²) < 4.78 is 4.88. The summed E-state index contributed by atoms with van der Waals surface area (Å²) >= 11 is 0. The zero-order valence-corrected chi connectivity index (χ0v) is 7.18. The SMILES string of the molecule is CCC(O)(CC)CCOC. The second kappa shape index (κ2) is 4.69. The first-order valence-electron chi connectivity index (χ1n) is 3.90. The lowest BCUT2D eigenvalue weighted by Gasteiger charge is -2.24. The molecule has 2 heteroatoms. The van der Waals surface area contributed by atoms with E-state index in [0.29, 0.717) is 6.61 Å². The van der Waals surface area contributed by atoms with Gasteiger partial charge in [-0.3, -0.25) is 0 Å². The van der Waals surface area contributed by atoms with Gasteiger partial charge in [0.05, 0.1) is 5.60 Å². The highest BCUT2D eigenvalue weighted by Crippen LogP contribution is 2.18. The highest BCUT2D eigenvalue weighted by atomic mass is 16.5. The molecule has 0 aromatic rings. The van der Waals surface area contributed by atoms with Gasteiger partial charge in [0.25, 0.3) is 0 Å². The highest BCUT2D eigenvalue weighted by Gasteiger charge is 2.20. The Morgan fingerprint density at radius 3 is 2.10 bits per heavy atom. The van der Waals surface area contributed by atoms with Gasteiger partial charge in [0.15, 0.2) is 0 Å². The highest BCUT2D eigenvalue weighted by molar-refractivity contribution is 4.73. The van der Waals surface area contributed by atoms with Crippen molar-refractivity contribution in [2.24, 2.45) is 0 Å².